The Balaban J connectivity index is 4.26. The maximum absolute atomic E-state index is 6.57. The molecule has 4 unspecified atom stereocenters. The van der Waals surface area contributed by atoms with Crippen LogP contribution in [0.2, 0.25) is 0 Å². The number of hydrogen-bond donors (Lipinski definition) is 0. The summed E-state index contributed by atoms with van der Waals surface area (Å²) in [6, 6.07) is 1.12. The highest BCUT2D eigenvalue weighted by atomic mass is 16.5. The van der Waals surface area contributed by atoms with E-state index in [4.69, 9.17) is 4.74 Å². The van der Waals surface area contributed by atoms with Gasteiger partial charge in [-0.25, -0.2) is 0 Å². The van der Waals surface area contributed by atoms with Gasteiger partial charge >= 0.3 is 0 Å². The van der Waals surface area contributed by atoms with Crippen molar-refractivity contribution in [3.05, 3.63) is 24.3 Å². The van der Waals surface area contributed by atoms with E-state index in [1.54, 1.807) is 0 Å². The first kappa shape index (κ1) is 46.4. The third kappa shape index (κ3) is 30.0. The van der Waals surface area contributed by atoms with Crippen LogP contribution in [-0.2, 0) is 4.74 Å². The van der Waals surface area contributed by atoms with Gasteiger partial charge in [0.1, 0.15) is 0 Å². The number of unbranched alkanes of at least 4 members (excludes halogenated alkanes) is 20. The Morgan fingerprint density at radius 2 is 0.681 bits per heavy atom. The van der Waals surface area contributed by atoms with Gasteiger partial charge < -0.3 is 14.5 Å². The summed E-state index contributed by atoms with van der Waals surface area (Å²) in [7, 11) is 8.93. The minimum atomic E-state index is 0.560. The van der Waals surface area contributed by atoms with Crippen LogP contribution >= 0.6 is 0 Å². The van der Waals surface area contributed by atoms with Crippen LogP contribution in [-0.4, -0.2) is 63.3 Å². The highest BCUT2D eigenvalue weighted by molar-refractivity contribution is 4.82. The van der Waals surface area contributed by atoms with Gasteiger partial charge in [0, 0.05) is 12.1 Å². The molecule has 0 radical (unpaired) electrons. The average molecular weight is 661 g/mol. The number of rotatable bonds is 36. The summed E-state index contributed by atoms with van der Waals surface area (Å²) >= 11 is 0. The Morgan fingerprint density at radius 3 is 0.979 bits per heavy atom. The van der Waals surface area contributed by atoms with Crippen LogP contribution in [0.5, 0.6) is 0 Å². The zero-order valence-electron chi connectivity index (χ0n) is 33.7. The van der Waals surface area contributed by atoms with Crippen molar-refractivity contribution in [3.63, 3.8) is 0 Å². The molecule has 0 aromatic carbocycles. The molecule has 47 heavy (non-hydrogen) atoms. The SMILES string of the molecule is CCCCCCCC/C=C\CCCCCCC(COCC(CCCCCC/C=C\CCCCCCCC)C(C)N(C)C)C(C)N(C)C. The van der Waals surface area contributed by atoms with E-state index in [1.165, 1.54) is 167 Å². The van der Waals surface area contributed by atoms with Crippen LogP contribution in [0, 0.1) is 11.8 Å². The summed E-state index contributed by atoms with van der Waals surface area (Å²) in [6.07, 6.45) is 45.0. The topological polar surface area (TPSA) is 15.7 Å². The Labute approximate surface area is 298 Å². The molecule has 0 heterocycles. The summed E-state index contributed by atoms with van der Waals surface area (Å²) in [5.41, 5.74) is 0. The summed E-state index contributed by atoms with van der Waals surface area (Å²) in [4.78, 5) is 4.79. The molecule has 0 N–H and O–H groups in total. The molecule has 0 amide bonds. The van der Waals surface area contributed by atoms with Crippen molar-refractivity contribution in [2.24, 2.45) is 11.8 Å². The minimum absolute atomic E-state index is 0.560. The molecule has 0 fully saturated rings. The quantitative estimate of drug-likeness (QED) is 0.0491. The van der Waals surface area contributed by atoms with E-state index in [2.05, 4.69) is 90.0 Å². The summed E-state index contributed by atoms with van der Waals surface area (Å²) in [5.74, 6) is 1.23. The molecule has 0 saturated carbocycles. The van der Waals surface area contributed by atoms with Gasteiger partial charge in [0.25, 0.3) is 0 Å². The van der Waals surface area contributed by atoms with Crippen LogP contribution in [0.25, 0.3) is 0 Å². The van der Waals surface area contributed by atoms with Gasteiger partial charge in [0.05, 0.1) is 13.2 Å². The molecule has 0 aromatic rings. The molecule has 0 spiro atoms. The first-order chi connectivity index (χ1) is 22.8. The van der Waals surface area contributed by atoms with Crippen LogP contribution in [0.4, 0.5) is 0 Å². The van der Waals surface area contributed by atoms with Gasteiger partial charge in [-0.3, -0.25) is 0 Å². The zero-order valence-corrected chi connectivity index (χ0v) is 33.7. The molecule has 0 aliphatic rings. The smallest absolute Gasteiger partial charge is 0.0509 e. The van der Waals surface area contributed by atoms with Crippen LogP contribution in [0.1, 0.15) is 195 Å². The van der Waals surface area contributed by atoms with Crippen LogP contribution < -0.4 is 0 Å². The Kier molecular flexibility index (Phi) is 34.7. The van der Waals surface area contributed by atoms with Crippen molar-refractivity contribution in [1.82, 2.24) is 9.80 Å². The van der Waals surface area contributed by atoms with E-state index >= 15 is 0 Å². The number of hydrogen-bond acceptors (Lipinski definition) is 3. The number of allylic oxidation sites excluding steroid dienone is 4. The lowest BCUT2D eigenvalue weighted by Crippen LogP contribution is -2.37. The molecule has 4 atom stereocenters. The molecule has 0 aromatic heterocycles. The fourth-order valence-corrected chi connectivity index (χ4v) is 6.74. The van der Waals surface area contributed by atoms with Crippen molar-refractivity contribution in [2.45, 2.75) is 207 Å². The summed E-state index contributed by atoms with van der Waals surface area (Å²) in [6.45, 7) is 11.2. The second-order valence-corrected chi connectivity index (χ2v) is 15.5. The third-order valence-corrected chi connectivity index (χ3v) is 10.8. The Morgan fingerprint density at radius 1 is 0.404 bits per heavy atom. The van der Waals surface area contributed by atoms with Gasteiger partial charge in [0.2, 0.25) is 0 Å². The maximum Gasteiger partial charge on any atom is 0.0509 e. The minimum Gasteiger partial charge on any atom is -0.381 e. The molecule has 0 saturated heterocycles. The summed E-state index contributed by atoms with van der Waals surface area (Å²) in [5, 5.41) is 0. The lowest BCUT2D eigenvalue weighted by Gasteiger charge is -2.32. The predicted octanol–water partition coefficient (Wildman–Crippen LogP) is 13.4. The first-order valence-electron chi connectivity index (χ1n) is 21.1. The highest BCUT2D eigenvalue weighted by Gasteiger charge is 2.22. The molecular formula is C44H88N2O. The molecule has 3 nitrogen and oxygen atoms in total. The van der Waals surface area contributed by atoms with E-state index in [1.807, 2.05) is 0 Å². The van der Waals surface area contributed by atoms with E-state index < -0.39 is 0 Å². The van der Waals surface area contributed by atoms with Crippen LogP contribution in [0.3, 0.4) is 0 Å². The fraction of sp³-hybridized carbons (Fsp3) is 0.909. The summed E-state index contributed by atoms with van der Waals surface area (Å²) < 4.78 is 6.57. The average Bonchev–Trinajstić information content (AvgIpc) is 3.06. The predicted molar refractivity (Wildman–Crippen MR) is 214 cm³/mol. The number of nitrogens with zero attached hydrogens (tertiary/aromatic N) is 2. The van der Waals surface area contributed by atoms with Gasteiger partial charge in [-0.1, -0.05) is 141 Å². The lowest BCUT2D eigenvalue weighted by atomic mass is 9.93. The van der Waals surface area contributed by atoms with Crippen molar-refractivity contribution in [1.29, 1.82) is 0 Å². The first-order valence-corrected chi connectivity index (χ1v) is 21.1. The standard InChI is InChI=1S/C44H88N2O/c1-9-11-13-15-17-19-21-23-25-27-29-31-33-35-37-43(41(3)45(5)6)39-47-40-44(42(4)46(7)8)38-36-34-32-30-28-26-24-22-20-18-16-14-12-10-2/h23-26,41-44H,9-22,27-40H2,1-8H3/b25-23-,26-24-. The van der Waals surface area contributed by atoms with Crippen molar-refractivity contribution in [2.75, 3.05) is 41.4 Å². The molecule has 0 rings (SSSR count). The van der Waals surface area contributed by atoms with Crippen molar-refractivity contribution in [3.8, 4) is 0 Å². The van der Waals surface area contributed by atoms with E-state index in [-0.39, 0.29) is 0 Å². The van der Waals surface area contributed by atoms with E-state index in [9.17, 15) is 0 Å². The molecular weight excluding hydrogens is 572 g/mol. The Hall–Kier alpha value is -0.640. The second-order valence-electron chi connectivity index (χ2n) is 15.5. The third-order valence-electron chi connectivity index (χ3n) is 10.8. The van der Waals surface area contributed by atoms with Gasteiger partial charge in [-0.2, -0.15) is 0 Å². The van der Waals surface area contributed by atoms with Crippen molar-refractivity contribution >= 4 is 0 Å². The maximum atomic E-state index is 6.57. The molecule has 3 heteroatoms. The van der Waals surface area contributed by atoms with E-state index in [0.29, 0.717) is 23.9 Å². The van der Waals surface area contributed by atoms with Crippen LogP contribution in [0.15, 0.2) is 24.3 Å². The second kappa shape index (κ2) is 35.2. The highest BCUT2D eigenvalue weighted by Crippen LogP contribution is 2.22. The lowest BCUT2D eigenvalue weighted by molar-refractivity contribution is 0.0238. The molecule has 280 valence electrons. The normalized spacial score (nSPS) is 15.0. The molecule has 0 bridgehead atoms. The Bertz CT molecular complexity index is 616. The van der Waals surface area contributed by atoms with Gasteiger partial charge in [-0.15, -0.1) is 0 Å². The molecule has 0 aliphatic heterocycles. The fourth-order valence-electron chi connectivity index (χ4n) is 6.74. The van der Waals surface area contributed by atoms with Crippen molar-refractivity contribution < 1.29 is 4.74 Å². The monoisotopic (exact) mass is 661 g/mol. The molecule has 0 aliphatic carbocycles. The van der Waals surface area contributed by atoms with Gasteiger partial charge in [0.15, 0.2) is 0 Å². The van der Waals surface area contributed by atoms with Gasteiger partial charge in [-0.05, 0) is 118 Å². The number of ether oxygens (including phenoxy) is 1. The zero-order chi connectivity index (χ0) is 34.8. The van der Waals surface area contributed by atoms with E-state index in [0.717, 1.165) is 13.2 Å². The largest absolute Gasteiger partial charge is 0.381 e.